The van der Waals surface area contributed by atoms with Gasteiger partial charge >= 0.3 is 14.2 Å². The highest BCUT2D eigenvalue weighted by Crippen LogP contribution is 2.12. The number of carbonyl (C=O) groups is 2. The third-order valence-electron chi connectivity index (χ3n) is 5.09. The lowest BCUT2D eigenvalue weighted by molar-refractivity contribution is 0.0912. The maximum atomic E-state index is 12.5. The number of carbonyl (C=O) groups excluding carboxylic acids is 2. The Morgan fingerprint density at radius 1 is 0.966 bits per heavy atom. The fourth-order valence-corrected chi connectivity index (χ4v) is 3.42. The van der Waals surface area contributed by atoms with E-state index in [4.69, 9.17) is 9.31 Å². The highest BCUT2D eigenvalue weighted by molar-refractivity contribution is 6.62. The summed E-state index contributed by atoms with van der Waals surface area (Å²) in [5.74, 6) is -0.600. The first-order valence-electron chi connectivity index (χ1n) is 9.36. The van der Waals surface area contributed by atoms with Gasteiger partial charge in [-0.3, -0.25) is 9.59 Å². The van der Waals surface area contributed by atoms with Crippen LogP contribution in [0.1, 0.15) is 38.8 Å². The normalized spacial score (nSPS) is 15.7. The van der Waals surface area contributed by atoms with E-state index in [1.165, 1.54) is 0 Å². The second kappa shape index (κ2) is 8.00. The van der Waals surface area contributed by atoms with Crippen molar-refractivity contribution in [1.82, 2.24) is 10.6 Å². The van der Waals surface area contributed by atoms with Crippen LogP contribution in [0, 0.1) is 0 Å². The van der Waals surface area contributed by atoms with Gasteiger partial charge in [0.05, 0.1) is 13.2 Å². The molecule has 0 saturated carbocycles. The first-order chi connectivity index (χ1) is 13.9. The van der Waals surface area contributed by atoms with Gasteiger partial charge in [0.15, 0.2) is 0 Å². The summed E-state index contributed by atoms with van der Waals surface area (Å²) in [7, 11) is -2.02. The van der Waals surface area contributed by atoms with Crippen LogP contribution >= 0.6 is 0 Å². The summed E-state index contributed by atoms with van der Waals surface area (Å²) in [6.07, 6.45) is 0. The highest BCUT2D eigenvalue weighted by atomic mass is 16.5. The molecular weight excluding hydrogens is 374 g/mol. The molecule has 148 valence electrons. The first-order valence-corrected chi connectivity index (χ1v) is 9.36. The summed E-state index contributed by atoms with van der Waals surface area (Å²) in [5.41, 5.74) is 3.75. The van der Waals surface area contributed by atoms with Crippen molar-refractivity contribution < 1.29 is 28.9 Å². The first kappa shape index (κ1) is 19.7. The Morgan fingerprint density at radius 3 is 2.03 bits per heavy atom. The zero-order valence-corrected chi connectivity index (χ0v) is 15.8. The van der Waals surface area contributed by atoms with Gasteiger partial charge in [0, 0.05) is 23.7 Å². The van der Waals surface area contributed by atoms with Crippen LogP contribution in [0.15, 0.2) is 36.4 Å². The van der Waals surface area contributed by atoms with Gasteiger partial charge in [-0.2, -0.15) is 0 Å². The van der Waals surface area contributed by atoms with Crippen molar-refractivity contribution in [3.63, 3.8) is 0 Å². The van der Waals surface area contributed by atoms with E-state index in [0.717, 1.165) is 11.1 Å². The van der Waals surface area contributed by atoms with Crippen LogP contribution in [0.25, 0.3) is 0 Å². The van der Waals surface area contributed by atoms with Gasteiger partial charge in [0.2, 0.25) is 0 Å². The predicted molar refractivity (Wildman–Crippen MR) is 107 cm³/mol. The smallest absolute Gasteiger partial charge is 0.423 e. The number of rotatable bonds is 5. The summed E-state index contributed by atoms with van der Waals surface area (Å²) < 4.78 is 10.3. The molecule has 0 bridgehead atoms. The average molecular weight is 394 g/mol. The minimum absolute atomic E-state index is 0.234. The molecule has 0 saturated heterocycles. The number of hydrogen-bond donors (Lipinski definition) is 4. The molecule has 29 heavy (non-hydrogen) atoms. The molecule has 0 aromatic heterocycles. The van der Waals surface area contributed by atoms with Crippen LogP contribution in [-0.4, -0.2) is 48.7 Å². The van der Waals surface area contributed by atoms with Gasteiger partial charge in [-0.25, -0.2) is 0 Å². The molecule has 0 unspecified atom stereocenters. The number of nitrogens with one attached hydrogen (secondary N) is 2. The molecule has 4 rings (SSSR count). The Balaban J connectivity index is 1.33. The molecule has 2 aliphatic heterocycles. The second-order valence-electron chi connectivity index (χ2n) is 7.24. The van der Waals surface area contributed by atoms with Gasteiger partial charge in [0.1, 0.15) is 0 Å². The van der Waals surface area contributed by atoms with Crippen molar-refractivity contribution in [2.45, 2.75) is 26.2 Å². The van der Waals surface area contributed by atoms with Gasteiger partial charge in [-0.15, -0.1) is 0 Å². The van der Waals surface area contributed by atoms with Crippen LogP contribution in [0.5, 0.6) is 0 Å². The Kier molecular flexibility index (Phi) is 5.42. The summed E-state index contributed by atoms with van der Waals surface area (Å²) in [6.45, 7) is 2.67. The fraction of sp³-hybridized carbons (Fsp3) is 0.263. The molecule has 0 fully saturated rings. The van der Waals surface area contributed by atoms with Crippen molar-refractivity contribution in [3.8, 4) is 0 Å². The van der Waals surface area contributed by atoms with Crippen molar-refractivity contribution in [2.75, 3.05) is 6.54 Å². The third-order valence-corrected chi connectivity index (χ3v) is 5.09. The summed E-state index contributed by atoms with van der Waals surface area (Å²) in [6, 6.07) is 9.80. The molecular formula is C19H20B2N2O6. The van der Waals surface area contributed by atoms with Crippen molar-refractivity contribution >= 4 is 37.0 Å². The SMILES string of the molecule is C[C@@H](CNC(=O)c1ccc2c(c1)B(O)OC2)NC(=O)c1ccc2c(c1)B(O)OC2. The predicted octanol–water partition coefficient (Wildman–Crippen LogP) is -1.33. The van der Waals surface area contributed by atoms with Crippen LogP contribution in [0.2, 0.25) is 0 Å². The minimum atomic E-state index is -1.01. The van der Waals surface area contributed by atoms with Crippen LogP contribution in [-0.2, 0) is 22.5 Å². The van der Waals surface area contributed by atoms with Gasteiger partial charge in [0.25, 0.3) is 11.8 Å². The molecule has 10 heteroatoms. The molecule has 1 atom stereocenters. The van der Waals surface area contributed by atoms with E-state index in [1.54, 1.807) is 43.3 Å². The Labute approximate surface area is 168 Å². The highest BCUT2D eigenvalue weighted by Gasteiger charge is 2.29. The molecule has 0 radical (unpaired) electrons. The maximum Gasteiger partial charge on any atom is 0.491 e. The lowest BCUT2D eigenvalue weighted by Crippen LogP contribution is -2.42. The average Bonchev–Trinajstić information content (AvgIpc) is 3.28. The number of hydrogen-bond acceptors (Lipinski definition) is 6. The molecule has 4 N–H and O–H groups in total. The van der Waals surface area contributed by atoms with E-state index in [1.807, 2.05) is 0 Å². The third kappa shape index (κ3) is 4.06. The standard InChI is InChI=1S/C19H20B2N2O6/c1-11(23-19(25)13-3-5-15-10-29-21(27)17(15)7-13)8-22-18(24)12-2-4-14-9-28-20(26)16(14)6-12/h2-7,11,26-27H,8-10H2,1H3,(H,22,24)(H,23,25)/t11-/m0/s1. The lowest BCUT2D eigenvalue weighted by atomic mass is 9.78. The van der Waals surface area contributed by atoms with E-state index < -0.39 is 14.2 Å². The van der Waals surface area contributed by atoms with E-state index in [2.05, 4.69) is 10.6 Å². The summed E-state index contributed by atoms with van der Waals surface area (Å²) >= 11 is 0. The van der Waals surface area contributed by atoms with E-state index >= 15 is 0 Å². The minimum Gasteiger partial charge on any atom is -0.423 e. The second-order valence-corrected chi connectivity index (χ2v) is 7.24. The van der Waals surface area contributed by atoms with E-state index in [-0.39, 0.29) is 24.4 Å². The largest absolute Gasteiger partial charge is 0.491 e. The maximum absolute atomic E-state index is 12.5. The van der Waals surface area contributed by atoms with Crippen molar-refractivity contribution in [1.29, 1.82) is 0 Å². The molecule has 0 spiro atoms. The Morgan fingerprint density at radius 2 is 1.48 bits per heavy atom. The molecule has 0 aliphatic carbocycles. The Bertz CT molecular complexity index is 970. The molecule has 2 aromatic rings. The van der Waals surface area contributed by atoms with E-state index in [9.17, 15) is 19.6 Å². The van der Waals surface area contributed by atoms with Crippen LogP contribution in [0.3, 0.4) is 0 Å². The number of amides is 2. The quantitative estimate of drug-likeness (QED) is 0.467. The topological polar surface area (TPSA) is 117 Å². The lowest BCUT2D eigenvalue weighted by Gasteiger charge is -2.15. The molecule has 2 heterocycles. The van der Waals surface area contributed by atoms with Crippen molar-refractivity contribution in [2.24, 2.45) is 0 Å². The summed E-state index contributed by atoms with van der Waals surface area (Å²) in [4.78, 5) is 24.8. The van der Waals surface area contributed by atoms with E-state index in [0.29, 0.717) is 35.3 Å². The van der Waals surface area contributed by atoms with Gasteiger partial charge < -0.3 is 30.0 Å². The summed E-state index contributed by atoms with van der Waals surface area (Å²) in [5, 5.41) is 25.1. The molecule has 2 aliphatic rings. The van der Waals surface area contributed by atoms with Gasteiger partial charge in [-0.05, 0) is 53.2 Å². The van der Waals surface area contributed by atoms with Crippen molar-refractivity contribution in [3.05, 3.63) is 58.7 Å². The molecule has 2 aromatic carbocycles. The van der Waals surface area contributed by atoms with Crippen LogP contribution < -0.4 is 21.6 Å². The monoisotopic (exact) mass is 394 g/mol. The van der Waals surface area contributed by atoms with Crippen LogP contribution in [0.4, 0.5) is 0 Å². The zero-order chi connectivity index (χ0) is 20.5. The van der Waals surface area contributed by atoms with Gasteiger partial charge in [-0.1, -0.05) is 12.1 Å². The molecule has 8 nitrogen and oxygen atoms in total. The fourth-order valence-electron chi connectivity index (χ4n) is 3.42. The Hall–Kier alpha value is -2.65. The zero-order valence-electron chi connectivity index (χ0n) is 15.8. The number of fused-ring (bicyclic) bond motifs is 2. The molecule has 2 amide bonds. The number of benzene rings is 2.